The molecule has 4 heavy (non-hydrogen) atoms. The second-order valence-electron chi connectivity index (χ2n) is 0.0833. The molecule has 0 aromatic heterocycles. The van der Waals surface area contributed by atoms with Crippen LogP contribution in [0.15, 0.2) is 0 Å². The molecule has 0 heterocycles. The zero-order valence-electron chi connectivity index (χ0n) is 1.32. The van der Waals surface area contributed by atoms with Crippen molar-refractivity contribution in [3.8, 4) is 0 Å². The quantitative estimate of drug-likeness (QED) is 0.332. The van der Waals surface area contributed by atoms with E-state index in [1.165, 1.54) is 0 Å². The standard InChI is InChI=1S/Li.O2Si.H/c;1-3-2;. The summed E-state index contributed by atoms with van der Waals surface area (Å²) in [6, 6.07) is 0. The molecular weight excluding hydrogens is 67.0 g/mol. The van der Waals surface area contributed by atoms with Crippen molar-refractivity contribution < 1.29 is 8.92 Å². The van der Waals surface area contributed by atoms with Crippen LogP contribution < -0.4 is 0 Å². The Morgan fingerprint density at radius 3 is 1.25 bits per heavy atom. The summed E-state index contributed by atoms with van der Waals surface area (Å²) < 4.78 is 16.8. The molecule has 0 saturated heterocycles. The second kappa shape index (κ2) is 9.95. The predicted molar refractivity (Wildman–Crippen MR) is 14.3 cm³/mol. The molecular formula is HLiO2Si. The molecule has 0 spiro atoms. The van der Waals surface area contributed by atoms with Gasteiger partial charge >= 0.3 is 28.2 Å². The number of hydrogen-bond acceptors (Lipinski definition) is 2. The molecule has 0 aliphatic rings. The zero-order chi connectivity index (χ0) is 2.71. The van der Waals surface area contributed by atoms with Gasteiger partial charge in [-0.1, -0.05) is 0 Å². The fraction of sp³-hybridized carbons (Fsp3) is 0. The fourth-order valence-corrected chi connectivity index (χ4v) is 0. The van der Waals surface area contributed by atoms with Crippen molar-refractivity contribution in [2.24, 2.45) is 0 Å². The molecule has 18 valence electrons. The van der Waals surface area contributed by atoms with E-state index in [1.54, 1.807) is 0 Å². The van der Waals surface area contributed by atoms with E-state index in [1.807, 2.05) is 0 Å². The van der Waals surface area contributed by atoms with Gasteiger partial charge in [-0.2, -0.15) is 0 Å². The Balaban J connectivity index is 0. The maximum absolute atomic E-state index is 8.40. The van der Waals surface area contributed by atoms with Gasteiger partial charge < -0.3 is 0 Å². The second-order valence-corrected chi connectivity index (χ2v) is 0.250. The zero-order valence-corrected chi connectivity index (χ0v) is 2.32. The van der Waals surface area contributed by atoms with Crippen LogP contribution in [-0.4, -0.2) is 28.2 Å². The molecule has 0 N–H and O–H groups in total. The van der Waals surface area contributed by atoms with Gasteiger partial charge in [0.15, 0.2) is 0 Å². The molecule has 4 heteroatoms. The van der Waals surface area contributed by atoms with Gasteiger partial charge in [-0.3, -0.25) is 8.92 Å². The Bertz CT molecular complexity index is 27.0. The summed E-state index contributed by atoms with van der Waals surface area (Å²) in [5, 5.41) is 0. The van der Waals surface area contributed by atoms with Crippen LogP contribution in [0.25, 0.3) is 0 Å². The van der Waals surface area contributed by atoms with Crippen molar-refractivity contribution in [3.05, 3.63) is 0 Å². The minimum absolute atomic E-state index is 0. The van der Waals surface area contributed by atoms with Crippen molar-refractivity contribution >= 4 is 28.2 Å². The molecule has 0 unspecified atom stereocenters. The molecule has 0 rings (SSSR count). The van der Waals surface area contributed by atoms with E-state index < -0.39 is 9.29 Å². The van der Waals surface area contributed by atoms with Crippen molar-refractivity contribution in [1.82, 2.24) is 0 Å². The van der Waals surface area contributed by atoms with E-state index in [-0.39, 0.29) is 18.9 Å². The van der Waals surface area contributed by atoms with Crippen LogP contribution in [0, 0.1) is 0 Å². The topological polar surface area (TPSA) is 34.1 Å². The summed E-state index contributed by atoms with van der Waals surface area (Å²) in [6.07, 6.45) is 0. The van der Waals surface area contributed by atoms with Gasteiger partial charge in [-0.05, 0) is 0 Å². The van der Waals surface area contributed by atoms with Crippen LogP contribution in [0.5, 0.6) is 0 Å². The van der Waals surface area contributed by atoms with Crippen LogP contribution in [0.1, 0.15) is 0 Å². The molecule has 0 aliphatic heterocycles. The van der Waals surface area contributed by atoms with Gasteiger partial charge in [-0.15, -0.1) is 0 Å². The monoisotopic (exact) mass is 68.0 g/mol. The Kier molecular flexibility index (Phi) is 22.0. The first-order valence-electron chi connectivity index (χ1n) is 0.408. The number of hydrogen-bond donors (Lipinski definition) is 0. The Morgan fingerprint density at radius 1 is 1.25 bits per heavy atom. The molecule has 0 aromatic rings. The molecule has 0 bridgehead atoms. The Hall–Kier alpha value is 0.414. The first kappa shape index (κ1) is 8.83. The van der Waals surface area contributed by atoms with E-state index in [4.69, 9.17) is 8.92 Å². The average molecular weight is 68.0 g/mol. The summed E-state index contributed by atoms with van der Waals surface area (Å²) in [5.74, 6) is 0. The van der Waals surface area contributed by atoms with Crippen molar-refractivity contribution in [2.45, 2.75) is 0 Å². The van der Waals surface area contributed by atoms with Crippen LogP contribution in [-0.2, 0) is 8.92 Å². The Labute approximate surface area is 37.7 Å². The molecule has 2 nitrogen and oxygen atoms in total. The van der Waals surface area contributed by atoms with Gasteiger partial charge in [0.05, 0.1) is 0 Å². The van der Waals surface area contributed by atoms with E-state index in [2.05, 4.69) is 0 Å². The van der Waals surface area contributed by atoms with E-state index >= 15 is 0 Å². The molecule has 0 atom stereocenters. The predicted octanol–water partition coefficient (Wildman–Crippen LogP) is -1.27. The Morgan fingerprint density at radius 2 is 1.25 bits per heavy atom. The van der Waals surface area contributed by atoms with E-state index in [0.29, 0.717) is 0 Å². The van der Waals surface area contributed by atoms with Crippen molar-refractivity contribution in [3.63, 3.8) is 0 Å². The van der Waals surface area contributed by atoms with Gasteiger partial charge in [0, 0.05) is 0 Å². The van der Waals surface area contributed by atoms with Gasteiger partial charge in [-0.25, -0.2) is 0 Å². The molecule has 0 saturated carbocycles. The van der Waals surface area contributed by atoms with E-state index in [9.17, 15) is 0 Å². The molecule has 0 amide bonds. The normalized spacial score (nSPS) is 2.00. The third-order valence-electron chi connectivity index (χ3n) is 0. The summed E-state index contributed by atoms with van der Waals surface area (Å²) >= 11 is 0. The van der Waals surface area contributed by atoms with Crippen molar-refractivity contribution in [2.75, 3.05) is 0 Å². The maximum atomic E-state index is 8.40. The first-order chi connectivity index (χ1) is 1.41. The van der Waals surface area contributed by atoms with Crippen LogP contribution in [0.4, 0.5) is 0 Å². The third-order valence-corrected chi connectivity index (χ3v) is 0. The number of rotatable bonds is 0. The first-order valence-corrected chi connectivity index (χ1v) is 1.22. The summed E-state index contributed by atoms with van der Waals surface area (Å²) in [5.41, 5.74) is 0. The molecule has 0 aromatic carbocycles. The SMILES string of the molecule is O=[Si]=O.[LiH]. The van der Waals surface area contributed by atoms with Gasteiger partial charge in [0.1, 0.15) is 0 Å². The molecule has 0 radical (unpaired) electrons. The van der Waals surface area contributed by atoms with Gasteiger partial charge in [0.25, 0.3) is 0 Å². The minimum atomic E-state index is -1.42. The summed E-state index contributed by atoms with van der Waals surface area (Å²) in [4.78, 5) is 0. The fourth-order valence-electron chi connectivity index (χ4n) is 0. The van der Waals surface area contributed by atoms with E-state index in [0.717, 1.165) is 0 Å². The van der Waals surface area contributed by atoms with Crippen molar-refractivity contribution in [1.29, 1.82) is 0 Å². The van der Waals surface area contributed by atoms with Crippen LogP contribution in [0.2, 0.25) is 0 Å². The van der Waals surface area contributed by atoms with Crippen LogP contribution in [0.3, 0.4) is 0 Å². The third kappa shape index (κ3) is 28.1. The molecule has 0 aliphatic carbocycles. The summed E-state index contributed by atoms with van der Waals surface area (Å²) in [6.45, 7) is 0. The summed E-state index contributed by atoms with van der Waals surface area (Å²) in [7, 11) is -1.42. The van der Waals surface area contributed by atoms with Gasteiger partial charge in [0.2, 0.25) is 0 Å². The van der Waals surface area contributed by atoms with Crippen LogP contribution >= 0.6 is 0 Å². The molecule has 0 fully saturated rings. The average Bonchev–Trinajstić information content (AvgIpc) is 0.918.